The largest absolute Gasteiger partial charge is 0.373 e. The molecule has 0 spiro atoms. The predicted octanol–water partition coefficient (Wildman–Crippen LogP) is 3.81. The molecule has 7 nitrogen and oxygen atoms in total. The van der Waals surface area contributed by atoms with Crippen LogP contribution in [-0.4, -0.2) is 70.3 Å². The van der Waals surface area contributed by atoms with Gasteiger partial charge in [0.1, 0.15) is 0 Å². The van der Waals surface area contributed by atoms with Crippen LogP contribution in [0.2, 0.25) is 5.02 Å². The van der Waals surface area contributed by atoms with Crippen molar-refractivity contribution in [2.75, 3.05) is 26.2 Å². The standard InChI is InChI=1S/C23H31ClN4O3/c1-16-13-27(14-17(2)30-16)15-20-5-4-12-28(20)22(29)7-3-6-21-25-23(26-31-21)18-8-10-19(24)11-9-18/h8-11,16-17,20H,3-7,12-15H2,1-2H3. The Hall–Kier alpha value is -1.96. The zero-order valence-corrected chi connectivity index (χ0v) is 19.1. The van der Waals surface area contributed by atoms with Gasteiger partial charge in [0.25, 0.3) is 0 Å². The minimum Gasteiger partial charge on any atom is -0.373 e. The van der Waals surface area contributed by atoms with Crippen LogP contribution in [0, 0.1) is 0 Å². The second-order valence-corrected chi connectivity index (χ2v) is 9.17. The first-order chi connectivity index (χ1) is 15.0. The summed E-state index contributed by atoms with van der Waals surface area (Å²) < 4.78 is 11.2. The van der Waals surface area contributed by atoms with E-state index in [-0.39, 0.29) is 18.1 Å². The summed E-state index contributed by atoms with van der Waals surface area (Å²) in [6.45, 7) is 7.93. The molecule has 2 saturated heterocycles. The molecule has 2 aliphatic heterocycles. The molecular formula is C23H31ClN4O3. The number of benzene rings is 1. The van der Waals surface area contributed by atoms with Crippen LogP contribution in [-0.2, 0) is 16.0 Å². The first kappa shape index (κ1) is 22.2. The number of halogens is 1. The van der Waals surface area contributed by atoms with Crippen LogP contribution < -0.4 is 0 Å². The van der Waals surface area contributed by atoms with E-state index in [1.807, 2.05) is 12.1 Å². The lowest BCUT2D eigenvalue weighted by molar-refractivity contribution is -0.133. The molecule has 8 heteroatoms. The zero-order valence-electron chi connectivity index (χ0n) is 18.3. The van der Waals surface area contributed by atoms with Crippen molar-refractivity contribution in [2.24, 2.45) is 0 Å². The van der Waals surface area contributed by atoms with Gasteiger partial charge in [0.15, 0.2) is 0 Å². The minimum atomic E-state index is 0.231. The van der Waals surface area contributed by atoms with Crippen LogP contribution >= 0.6 is 11.6 Å². The molecule has 0 aliphatic carbocycles. The zero-order chi connectivity index (χ0) is 21.8. The summed E-state index contributed by atoms with van der Waals surface area (Å²) in [5, 5.41) is 4.71. The molecule has 1 aromatic heterocycles. The molecule has 31 heavy (non-hydrogen) atoms. The maximum atomic E-state index is 12.9. The fourth-order valence-corrected chi connectivity index (χ4v) is 4.82. The van der Waals surface area contributed by atoms with Crippen LogP contribution in [0.3, 0.4) is 0 Å². The van der Waals surface area contributed by atoms with Gasteiger partial charge in [-0.2, -0.15) is 4.98 Å². The Morgan fingerprint density at radius 2 is 1.94 bits per heavy atom. The maximum Gasteiger partial charge on any atom is 0.226 e. The Morgan fingerprint density at radius 1 is 1.19 bits per heavy atom. The van der Waals surface area contributed by atoms with E-state index in [1.54, 1.807) is 12.1 Å². The van der Waals surface area contributed by atoms with Gasteiger partial charge in [0.2, 0.25) is 17.6 Å². The van der Waals surface area contributed by atoms with E-state index in [4.69, 9.17) is 20.9 Å². The van der Waals surface area contributed by atoms with Crippen molar-refractivity contribution in [1.29, 1.82) is 0 Å². The molecule has 0 radical (unpaired) electrons. The highest BCUT2D eigenvalue weighted by Gasteiger charge is 2.32. The van der Waals surface area contributed by atoms with Crippen LogP contribution in [0.5, 0.6) is 0 Å². The van der Waals surface area contributed by atoms with Crippen molar-refractivity contribution in [1.82, 2.24) is 19.9 Å². The predicted molar refractivity (Wildman–Crippen MR) is 119 cm³/mol. The van der Waals surface area contributed by atoms with Crippen LogP contribution in [0.4, 0.5) is 0 Å². The fourth-order valence-electron chi connectivity index (χ4n) is 4.69. The molecule has 0 N–H and O–H groups in total. The third-order valence-corrected chi connectivity index (χ3v) is 6.27. The summed E-state index contributed by atoms with van der Waals surface area (Å²) >= 11 is 5.93. The summed E-state index contributed by atoms with van der Waals surface area (Å²) in [5.74, 6) is 1.34. The molecule has 4 rings (SSSR count). The third kappa shape index (κ3) is 5.84. The molecule has 3 unspecified atom stereocenters. The van der Waals surface area contributed by atoms with E-state index >= 15 is 0 Å². The molecule has 0 bridgehead atoms. The van der Waals surface area contributed by atoms with Crippen LogP contribution in [0.15, 0.2) is 28.8 Å². The summed E-state index contributed by atoms with van der Waals surface area (Å²) in [5.41, 5.74) is 0.863. The van der Waals surface area contributed by atoms with E-state index in [1.165, 1.54) is 0 Å². The second kappa shape index (κ2) is 10.1. The first-order valence-corrected chi connectivity index (χ1v) is 11.6. The van der Waals surface area contributed by atoms with Crippen molar-refractivity contribution in [2.45, 2.75) is 64.2 Å². The molecule has 3 heterocycles. The molecule has 0 saturated carbocycles. The van der Waals surface area contributed by atoms with Gasteiger partial charge in [-0.25, -0.2) is 0 Å². The van der Waals surface area contributed by atoms with Crippen molar-refractivity contribution < 1.29 is 14.1 Å². The Bertz CT molecular complexity index is 862. The number of likely N-dealkylation sites (tertiary alicyclic amines) is 1. The fraction of sp³-hybridized carbons (Fsp3) is 0.609. The van der Waals surface area contributed by atoms with Gasteiger partial charge in [-0.3, -0.25) is 9.69 Å². The quantitative estimate of drug-likeness (QED) is 0.644. The monoisotopic (exact) mass is 446 g/mol. The van der Waals surface area contributed by atoms with Gasteiger partial charge in [-0.1, -0.05) is 16.8 Å². The normalized spacial score (nSPS) is 24.6. The van der Waals surface area contributed by atoms with Crippen molar-refractivity contribution in [3.63, 3.8) is 0 Å². The van der Waals surface area contributed by atoms with Crippen LogP contribution in [0.1, 0.15) is 45.4 Å². The second-order valence-electron chi connectivity index (χ2n) is 8.73. The minimum absolute atomic E-state index is 0.231. The molecule has 2 fully saturated rings. The number of nitrogens with zero attached hydrogens (tertiary/aromatic N) is 4. The molecule has 1 amide bonds. The maximum absolute atomic E-state index is 12.9. The molecular weight excluding hydrogens is 416 g/mol. The smallest absolute Gasteiger partial charge is 0.226 e. The lowest BCUT2D eigenvalue weighted by atomic mass is 10.1. The van der Waals surface area contributed by atoms with Gasteiger partial charge < -0.3 is 14.2 Å². The molecule has 2 aliphatic rings. The van der Waals surface area contributed by atoms with E-state index < -0.39 is 0 Å². The van der Waals surface area contributed by atoms with Crippen LogP contribution in [0.25, 0.3) is 11.4 Å². The Balaban J connectivity index is 1.25. The number of aromatic nitrogens is 2. The van der Waals surface area contributed by atoms with E-state index in [0.717, 1.165) is 44.6 Å². The number of aryl methyl sites for hydroxylation is 1. The number of rotatable bonds is 7. The van der Waals surface area contributed by atoms with Crippen molar-refractivity contribution in [3.05, 3.63) is 35.2 Å². The summed E-state index contributed by atoms with van der Waals surface area (Å²) in [6.07, 6.45) is 4.48. The van der Waals surface area contributed by atoms with Gasteiger partial charge in [-0.15, -0.1) is 0 Å². The summed E-state index contributed by atoms with van der Waals surface area (Å²) in [7, 11) is 0. The Kier molecular flexibility index (Phi) is 7.25. The number of ether oxygens (including phenoxy) is 1. The number of carbonyl (C=O) groups excluding carboxylic acids is 1. The van der Waals surface area contributed by atoms with Gasteiger partial charge in [0.05, 0.1) is 12.2 Å². The van der Waals surface area contributed by atoms with Gasteiger partial charge in [0, 0.05) is 55.6 Å². The lowest BCUT2D eigenvalue weighted by Crippen LogP contribution is -2.50. The molecule has 3 atom stereocenters. The first-order valence-electron chi connectivity index (χ1n) is 11.2. The van der Waals surface area contributed by atoms with Crippen molar-refractivity contribution >= 4 is 17.5 Å². The van der Waals surface area contributed by atoms with Gasteiger partial charge >= 0.3 is 0 Å². The molecule has 168 valence electrons. The highest BCUT2D eigenvalue weighted by Crippen LogP contribution is 2.23. The number of hydrogen-bond donors (Lipinski definition) is 0. The summed E-state index contributed by atoms with van der Waals surface area (Å²) in [4.78, 5) is 21.9. The van der Waals surface area contributed by atoms with Gasteiger partial charge in [-0.05, 0) is 57.4 Å². The highest BCUT2D eigenvalue weighted by atomic mass is 35.5. The average Bonchev–Trinajstić information content (AvgIpc) is 3.37. The van der Waals surface area contributed by atoms with E-state index in [9.17, 15) is 4.79 Å². The Morgan fingerprint density at radius 3 is 2.68 bits per heavy atom. The van der Waals surface area contributed by atoms with E-state index in [2.05, 4.69) is 33.8 Å². The molecule has 1 aromatic carbocycles. The number of hydrogen-bond acceptors (Lipinski definition) is 6. The van der Waals surface area contributed by atoms with E-state index in [0.29, 0.717) is 42.0 Å². The number of carbonyl (C=O) groups is 1. The average molecular weight is 447 g/mol. The lowest BCUT2D eigenvalue weighted by Gasteiger charge is -2.38. The summed E-state index contributed by atoms with van der Waals surface area (Å²) in [6, 6.07) is 7.64. The highest BCUT2D eigenvalue weighted by molar-refractivity contribution is 6.30. The number of morpholine rings is 1. The number of amides is 1. The Labute approximate surface area is 188 Å². The SMILES string of the molecule is CC1CN(CC2CCCN2C(=O)CCCc2nc(-c3ccc(Cl)cc3)no2)CC(C)O1. The van der Waals surface area contributed by atoms with Crippen molar-refractivity contribution in [3.8, 4) is 11.4 Å². The topological polar surface area (TPSA) is 71.7 Å². The molecule has 2 aromatic rings. The third-order valence-electron chi connectivity index (χ3n) is 6.01.